The van der Waals surface area contributed by atoms with Gasteiger partial charge in [0.05, 0.1) is 12.0 Å². The van der Waals surface area contributed by atoms with E-state index in [0.29, 0.717) is 12.2 Å². The molecule has 0 spiro atoms. The Morgan fingerprint density at radius 2 is 2.12 bits per heavy atom. The molecule has 0 bridgehead atoms. The van der Waals surface area contributed by atoms with Gasteiger partial charge in [0.1, 0.15) is 0 Å². The monoisotopic (exact) mass is 226 g/mol. The number of carbonyl (C=O) groups excluding carboxylic acids is 1. The Morgan fingerprint density at radius 1 is 1.50 bits per heavy atom. The van der Waals surface area contributed by atoms with E-state index in [1.165, 1.54) is 0 Å². The number of carboxylic acid groups (broad SMARTS) is 1. The molecule has 0 fully saturated rings. The van der Waals surface area contributed by atoms with Crippen LogP contribution in [-0.2, 0) is 9.59 Å². The van der Waals surface area contributed by atoms with Crippen molar-refractivity contribution in [1.29, 1.82) is 0 Å². The summed E-state index contributed by atoms with van der Waals surface area (Å²) in [6.45, 7) is 3.18. The smallest absolute Gasteiger partial charge is 0.333 e. The summed E-state index contributed by atoms with van der Waals surface area (Å²) in [4.78, 5) is 26.0. The first-order valence-electron chi connectivity index (χ1n) is 5.31. The molecule has 1 aliphatic heterocycles. The largest absolute Gasteiger partial charge is 0.478 e. The lowest BCUT2D eigenvalue weighted by atomic mass is 10.2. The first-order chi connectivity index (χ1) is 7.43. The third-order valence-electron chi connectivity index (χ3n) is 2.72. The average Bonchev–Trinajstić information content (AvgIpc) is 2.44. The van der Waals surface area contributed by atoms with Crippen LogP contribution >= 0.6 is 0 Å². The summed E-state index contributed by atoms with van der Waals surface area (Å²) in [7, 11) is 3.94. The highest BCUT2D eigenvalue weighted by Crippen LogP contribution is 2.23. The number of carboxylic acids is 1. The molecule has 1 amide bonds. The van der Waals surface area contributed by atoms with Crippen molar-refractivity contribution < 1.29 is 14.7 Å². The molecule has 0 aromatic rings. The normalized spacial score (nSPS) is 16.5. The van der Waals surface area contributed by atoms with Crippen LogP contribution in [0.2, 0.25) is 0 Å². The molecule has 90 valence electrons. The minimum absolute atomic E-state index is 0.0309. The van der Waals surface area contributed by atoms with E-state index in [1.54, 1.807) is 11.8 Å². The number of nitrogens with zero attached hydrogens (tertiary/aromatic N) is 2. The second-order valence-electron chi connectivity index (χ2n) is 4.25. The van der Waals surface area contributed by atoms with Crippen molar-refractivity contribution in [2.45, 2.75) is 19.8 Å². The van der Waals surface area contributed by atoms with Crippen molar-refractivity contribution in [1.82, 2.24) is 9.80 Å². The number of carbonyl (C=O) groups is 2. The van der Waals surface area contributed by atoms with E-state index in [1.807, 2.05) is 19.0 Å². The molecule has 0 aromatic carbocycles. The van der Waals surface area contributed by atoms with Gasteiger partial charge in [0.25, 0.3) is 0 Å². The standard InChI is InChI=1S/C11H18N2O3/c1-8-9(11(15)16)7-10(14)13(8)6-4-5-12(2)3/h4-7H2,1-3H3,(H,15,16). The molecule has 0 radical (unpaired) electrons. The molecule has 5 heteroatoms. The summed E-state index contributed by atoms with van der Waals surface area (Å²) in [5, 5.41) is 8.89. The first-order valence-corrected chi connectivity index (χ1v) is 5.31. The summed E-state index contributed by atoms with van der Waals surface area (Å²) in [6.07, 6.45) is 0.881. The quantitative estimate of drug-likeness (QED) is 0.742. The summed E-state index contributed by atoms with van der Waals surface area (Å²) in [5.74, 6) is -1.09. The summed E-state index contributed by atoms with van der Waals surface area (Å²) >= 11 is 0. The zero-order valence-corrected chi connectivity index (χ0v) is 9.99. The van der Waals surface area contributed by atoms with Crippen LogP contribution in [-0.4, -0.2) is 54.0 Å². The zero-order valence-electron chi connectivity index (χ0n) is 9.99. The highest BCUT2D eigenvalue weighted by molar-refractivity contribution is 5.99. The van der Waals surface area contributed by atoms with E-state index < -0.39 is 5.97 Å². The molecule has 0 saturated carbocycles. The van der Waals surface area contributed by atoms with Crippen LogP contribution < -0.4 is 0 Å². The van der Waals surface area contributed by atoms with E-state index in [9.17, 15) is 9.59 Å². The van der Waals surface area contributed by atoms with Crippen LogP contribution in [0.4, 0.5) is 0 Å². The first kappa shape index (κ1) is 12.7. The fraction of sp³-hybridized carbons (Fsp3) is 0.636. The SMILES string of the molecule is CC1=C(C(=O)O)CC(=O)N1CCCN(C)C. The van der Waals surface area contributed by atoms with E-state index in [2.05, 4.69) is 0 Å². The maximum Gasteiger partial charge on any atom is 0.333 e. The van der Waals surface area contributed by atoms with Gasteiger partial charge in [-0.15, -0.1) is 0 Å². The number of hydrogen-bond donors (Lipinski definition) is 1. The van der Waals surface area contributed by atoms with Crippen molar-refractivity contribution in [3.8, 4) is 0 Å². The molecule has 5 nitrogen and oxygen atoms in total. The highest BCUT2D eigenvalue weighted by atomic mass is 16.4. The Hall–Kier alpha value is -1.36. The number of hydrogen-bond acceptors (Lipinski definition) is 3. The Bertz CT molecular complexity index is 334. The molecule has 0 atom stereocenters. The van der Waals surface area contributed by atoms with Gasteiger partial charge in [-0.2, -0.15) is 0 Å². The maximum atomic E-state index is 11.6. The molecule has 16 heavy (non-hydrogen) atoms. The lowest BCUT2D eigenvalue weighted by molar-refractivity contribution is -0.134. The number of allylic oxidation sites excluding steroid dienone is 1. The second kappa shape index (κ2) is 5.12. The topological polar surface area (TPSA) is 60.9 Å². The van der Waals surface area contributed by atoms with Crippen LogP contribution in [0, 0.1) is 0 Å². The predicted molar refractivity (Wildman–Crippen MR) is 59.8 cm³/mol. The molecule has 0 unspecified atom stereocenters. The average molecular weight is 226 g/mol. The Labute approximate surface area is 95.3 Å². The van der Waals surface area contributed by atoms with Gasteiger partial charge in [-0.05, 0) is 34.0 Å². The maximum absolute atomic E-state index is 11.6. The van der Waals surface area contributed by atoms with E-state index >= 15 is 0 Å². The van der Waals surface area contributed by atoms with E-state index in [0.717, 1.165) is 13.0 Å². The van der Waals surface area contributed by atoms with E-state index in [-0.39, 0.29) is 17.9 Å². The van der Waals surface area contributed by atoms with Crippen LogP contribution in [0.15, 0.2) is 11.3 Å². The van der Waals surface area contributed by atoms with Crippen molar-refractivity contribution in [2.75, 3.05) is 27.2 Å². The molecule has 1 N–H and O–H groups in total. The number of rotatable bonds is 5. The molecular weight excluding hydrogens is 208 g/mol. The third-order valence-corrected chi connectivity index (χ3v) is 2.72. The predicted octanol–water partition coefficient (Wildman–Crippen LogP) is 0.529. The summed E-state index contributed by atoms with van der Waals surface area (Å²) in [6, 6.07) is 0. The molecule has 0 aliphatic carbocycles. The number of aliphatic carboxylic acids is 1. The van der Waals surface area contributed by atoms with Gasteiger partial charge in [0.2, 0.25) is 5.91 Å². The lowest BCUT2D eigenvalue weighted by Crippen LogP contribution is -2.27. The molecule has 0 aromatic heterocycles. The number of amides is 1. The van der Waals surface area contributed by atoms with Gasteiger partial charge in [-0.3, -0.25) is 4.79 Å². The van der Waals surface area contributed by atoms with Gasteiger partial charge in [0.15, 0.2) is 0 Å². The summed E-state index contributed by atoms with van der Waals surface area (Å²) < 4.78 is 0. The van der Waals surface area contributed by atoms with Crippen molar-refractivity contribution in [2.24, 2.45) is 0 Å². The molecular formula is C11H18N2O3. The molecule has 1 heterocycles. The van der Waals surface area contributed by atoms with Crippen LogP contribution in [0.5, 0.6) is 0 Å². The Balaban J connectivity index is 2.60. The van der Waals surface area contributed by atoms with Gasteiger partial charge < -0.3 is 14.9 Å². The van der Waals surface area contributed by atoms with E-state index in [4.69, 9.17) is 5.11 Å². The van der Waals surface area contributed by atoms with Crippen molar-refractivity contribution in [3.63, 3.8) is 0 Å². The molecule has 1 aliphatic rings. The summed E-state index contributed by atoms with van der Waals surface area (Å²) in [5.41, 5.74) is 0.825. The fourth-order valence-corrected chi connectivity index (χ4v) is 1.79. The third kappa shape index (κ3) is 2.82. The lowest BCUT2D eigenvalue weighted by Gasteiger charge is -2.19. The minimum Gasteiger partial charge on any atom is -0.478 e. The molecule has 0 saturated heterocycles. The Morgan fingerprint density at radius 3 is 2.56 bits per heavy atom. The second-order valence-corrected chi connectivity index (χ2v) is 4.25. The van der Waals surface area contributed by atoms with Gasteiger partial charge in [0, 0.05) is 12.2 Å². The van der Waals surface area contributed by atoms with Gasteiger partial charge in [-0.25, -0.2) is 4.79 Å². The zero-order chi connectivity index (χ0) is 12.3. The van der Waals surface area contributed by atoms with Crippen molar-refractivity contribution >= 4 is 11.9 Å². The van der Waals surface area contributed by atoms with Crippen LogP contribution in [0.1, 0.15) is 19.8 Å². The van der Waals surface area contributed by atoms with Crippen molar-refractivity contribution in [3.05, 3.63) is 11.3 Å². The fourth-order valence-electron chi connectivity index (χ4n) is 1.79. The van der Waals surface area contributed by atoms with Gasteiger partial charge in [-0.1, -0.05) is 0 Å². The minimum atomic E-state index is -0.985. The highest BCUT2D eigenvalue weighted by Gasteiger charge is 2.30. The Kier molecular flexibility index (Phi) is 4.06. The van der Waals surface area contributed by atoms with Crippen LogP contribution in [0.25, 0.3) is 0 Å². The molecule has 1 rings (SSSR count). The van der Waals surface area contributed by atoms with Gasteiger partial charge >= 0.3 is 5.97 Å². The van der Waals surface area contributed by atoms with Crippen LogP contribution in [0.3, 0.4) is 0 Å².